The second-order valence-electron chi connectivity index (χ2n) is 12.7. The monoisotopic (exact) mass is 753 g/mol. The molecule has 12 nitrogen and oxygen atoms in total. The van der Waals surface area contributed by atoms with Gasteiger partial charge in [-0.1, -0.05) is 77.4 Å². The number of nitrogens with zero attached hydrogens (tertiary/aromatic N) is 2. The smallest absolute Gasteiger partial charge is 0.372 e. The zero-order valence-corrected chi connectivity index (χ0v) is 30.8. The maximum Gasteiger partial charge on any atom is 0.372 e. The highest BCUT2D eigenvalue weighted by Gasteiger charge is 2.66. The van der Waals surface area contributed by atoms with Gasteiger partial charge in [-0.25, -0.2) is 4.79 Å². The third-order valence-electron chi connectivity index (χ3n) is 9.56. The van der Waals surface area contributed by atoms with Crippen LogP contribution in [0.1, 0.15) is 38.8 Å². The van der Waals surface area contributed by atoms with Crippen molar-refractivity contribution in [2.75, 3.05) is 32.8 Å². The summed E-state index contributed by atoms with van der Waals surface area (Å²) in [5.74, 6) is 1.03. The molecule has 0 saturated carbocycles. The number of methoxy groups -OCH3 is 2. The summed E-state index contributed by atoms with van der Waals surface area (Å²) in [6, 6.07) is 33.5. The number of amides is 1. The lowest BCUT2D eigenvalue weighted by Gasteiger charge is -2.39. The number of ether oxygens (including phenoxy) is 5. The van der Waals surface area contributed by atoms with Gasteiger partial charge in [0, 0.05) is 17.3 Å². The van der Waals surface area contributed by atoms with Gasteiger partial charge in [-0.05, 0) is 60.0 Å². The van der Waals surface area contributed by atoms with Crippen LogP contribution in [-0.2, 0) is 41.1 Å². The van der Waals surface area contributed by atoms with Crippen molar-refractivity contribution >= 4 is 31.2 Å². The van der Waals surface area contributed by atoms with E-state index in [1.807, 2.05) is 78.9 Å². The molecule has 1 amide bonds. The van der Waals surface area contributed by atoms with Crippen LogP contribution in [0, 0.1) is 6.92 Å². The predicted molar refractivity (Wildman–Crippen MR) is 198 cm³/mol. The van der Waals surface area contributed by atoms with Crippen molar-refractivity contribution in [3.05, 3.63) is 154 Å². The lowest BCUT2D eigenvalue weighted by atomic mass is 9.79. The molecule has 1 N–H and O–H groups in total. The second kappa shape index (κ2) is 15.2. The summed E-state index contributed by atoms with van der Waals surface area (Å²) >= 11 is 5.02. The van der Waals surface area contributed by atoms with Gasteiger partial charge >= 0.3 is 12.9 Å². The molecule has 2 aliphatic heterocycles. The van der Waals surface area contributed by atoms with Gasteiger partial charge in [0.1, 0.15) is 29.0 Å². The highest BCUT2D eigenvalue weighted by atomic mass is 32.7. The maximum absolute atomic E-state index is 13.6. The Hall–Kier alpha value is -4.88. The average Bonchev–Trinajstić information content (AvgIpc) is 3.68. The first kappa shape index (κ1) is 36.5. The number of rotatable bonds is 13. The van der Waals surface area contributed by atoms with E-state index in [0.29, 0.717) is 22.6 Å². The largest absolute Gasteiger partial charge is 0.497 e. The van der Waals surface area contributed by atoms with Crippen LogP contribution in [0.5, 0.6) is 11.5 Å². The molecule has 2 aliphatic rings. The number of aryl methyl sites for hydroxylation is 1. The minimum absolute atomic E-state index is 0.000186. The van der Waals surface area contributed by atoms with Gasteiger partial charge < -0.3 is 41.2 Å². The average molecular weight is 754 g/mol. The number of hydrogen-bond acceptors (Lipinski definition) is 11. The van der Waals surface area contributed by atoms with Gasteiger partial charge in [0.25, 0.3) is 5.91 Å². The normalized spacial score (nSPS) is 20.9. The van der Waals surface area contributed by atoms with Gasteiger partial charge in [0.15, 0.2) is 17.9 Å². The fourth-order valence-corrected chi connectivity index (χ4v) is 7.69. The molecule has 3 heterocycles. The Morgan fingerprint density at radius 3 is 2.06 bits per heavy atom. The standard InChI is InChI=1S/C39H36N3O9PS/c1-25-22-42(37(44)41-34(25)40-35(43)26-10-6-4-7-11-26)36-32-33(51-52(45)53)38(50-36,23-48-32)24-49-39(27-12-8-5-9-13-27,28-14-18-30(46-2)19-15-28)29-16-20-31(47-3)21-17-29/h4-22,32-33,36H,23-24H2,1-3H3,(H,40,41,43,44)/t32?,33-,36-,38-/m1/s1. The Morgan fingerprint density at radius 2 is 1.49 bits per heavy atom. The van der Waals surface area contributed by atoms with E-state index in [4.69, 9.17) is 40.5 Å². The van der Waals surface area contributed by atoms with Gasteiger partial charge in [0.2, 0.25) is 0 Å². The van der Waals surface area contributed by atoms with Crippen LogP contribution in [0.25, 0.3) is 0 Å². The number of carbonyl (C=O) groups excluding carboxylic acids is 1. The highest BCUT2D eigenvalue weighted by molar-refractivity contribution is 8.25. The predicted octanol–water partition coefficient (Wildman–Crippen LogP) is 6.09. The highest BCUT2D eigenvalue weighted by Crippen LogP contribution is 2.51. The Balaban J connectivity index is 1.27. The minimum atomic E-state index is -2.54. The van der Waals surface area contributed by atoms with Crippen molar-refractivity contribution in [1.29, 1.82) is 0 Å². The summed E-state index contributed by atoms with van der Waals surface area (Å²) in [5.41, 5.74) is 0.0197. The molecule has 272 valence electrons. The number of carbonyl (C=O) groups is 1. The number of anilines is 1. The molecular weight excluding hydrogens is 717 g/mol. The van der Waals surface area contributed by atoms with E-state index in [0.717, 1.165) is 16.7 Å². The van der Waals surface area contributed by atoms with E-state index in [-0.39, 0.29) is 19.0 Å². The van der Waals surface area contributed by atoms with E-state index in [2.05, 4.69) is 10.3 Å². The van der Waals surface area contributed by atoms with E-state index in [1.165, 1.54) is 10.8 Å². The first-order chi connectivity index (χ1) is 25.7. The third-order valence-corrected chi connectivity index (χ3v) is 10.2. The number of benzene rings is 4. The summed E-state index contributed by atoms with van der Waals surface area (Å²) < 4.78 is 50.7. The molecule has 0 spiro atoms. The Morgan fingerprint density at radius 1 is 0.925 bits per heavy atom. The van der Waals surface area contributed by atoms with Crippen LogP contribution in [0.15, 0.2) is 120 Å². The Labute approximate surface area is 312 Å². The first-order valence-electron chi connectivity index (χ1n) is 16.7. The molecule has 5 atom stereocenters. The van der Waals surface area contributed by atoms with Gasteiger partial charge in [-0.15, -0.1) is 0 Å². The van der Waals surface area contributed by atoms with Crippen LogP contribution in [-0.4, -0.2) is 60.7 Å². The van der Waals surface area contributed by atoms with Crippen molar-refractivity contribution in [2.45, 2.75) is 36.6 Å². The molecule has 7 rings (SSSR count). The van der Waals surface area contributed by atoms with Crippen molar-refractivity contribution in [2.24, 2.45) is 0 Å². The summed E-state index contributed by atoms with van der Waals surface area (Å²) in [6.07, 6.45) is -1.38. The summed E-state index contributed by atoms with van der Waals surface area (Å²) in [4.78, 5) is 30.6. The number of nitrogens with one attached hydrogen (secondary N) is 1. The zero-order valence-electron chi connectivity index (χ0n) is 29.0. The SMILES string of the molecule is COc1ccc(C(OC[C@@]23COC([C@H](n4cc(C)c(NC(=O)c5ccccc5)nc4=O)O2)[C@H]3O[P+](=O)[S-])(c2ccccc2)c2ccc(OC)cc2)cc1. The van der Waals surface area contributed by atoms with Crippen LogP contribution in [0.2, 0.25) is 0 Å². The van der Waals surface area contributed by atoms with E-state index < -0.39 is 48.5 Å². The third kappa shape index (κ3) is 6.99. The molecule has 53 heavy (non-hydrogen) atoms. The topological polar surface area (TPSA) is 136 Å². The van der Waals surface area contributed by atoms with Crippen molar-refractivity contribution in [3.8, 4) is 11.5 Å². The molecule has 4 aromatic carbocycles. The van der Waals surface area contributed by atoms with Crippen LogP contribution in [0.3, 0.4) is 0 Å². The van der Waals surface area contributed by atoms with Crippen molar-refractivity contribution in [3.63, 3.8) is 0 Å². The summed E-state index contributed by atoms with van der Waals surface area (Å²) in [5, 5.41) is 2.71. The van der Waals surface area contributed by atoms with Gasteiger partial charge in [-0.3, -0.25) is 9.36 Å². The number of fused-ring (bicyclic) bond motifs is 2. The fraction of sp³-hybridized carbons (Fsp3) is 0.256. The van der Waals surface area contributed by atoms with Crippen LogP contribution >= 0.6 is 7.23 Å². The number of hydrogen-bond donors (Lipinski definition) is 1. The Bertz CT molecular complexity index is 2110. The quantitative estimate of drug-likeness (QED) is 0.0851. The molecule has 0 radical (unpaired) electrons. The maximum atomic E-state index is 13.6. The van der Waals surface area contributed by atoms with Crippen molar-refractivity contribution in [1.82, 2.24) is 9.55 Å². The second-order valence-corrected chi connectivity index (χ2v) is 14.2. The molecule has 14 heteroatoms. The lowest BCUT2D eigenvalue weighted by molar-refractivity contribution is -0.203. The first-order valence-corrected chi connectivity index (χ1v) is 18.9. The lowest BCUT2D eigenvalue weighted by Crippen LogP contribution is -2.49. The zero-order chi connectivity index (χ0) is 37.2. The molecule has 0 aliphatic carbocycles. The molecule has 2 saturated heterocycles. The van der Waals surface area contributed by atoms with Gasteiger partial charge in [0.05, 0.1) is 27.4 Å². The van der Waals surface area contributed by atoms with Crippen LogP contribution in [0.4, 0.5) is 5.82 Å². The molecule has 5 aromatic rings. The molecule has 2 bridgehead atoms. The fourth-order valence-electron chi connectivity index (χ4n) is 6.92. The number of aromatic nitrogens is 2. The minimum Gasteiger partial charge on any atom is -0.497 e. The molecular formula is C39H36N3O9PS. The van der Waals surface area contributed by atoms with E-state index >= 15 is 0 Å². The van der Waals surface area contributed by atoms with Crippen LogP contribution < -0.4 is 20.5 Å². The van der Waals surface area contributed by atoms with E-state index in [1.54, 1.807) is 51.5 Å². The summed E-state index contributed by atoms with van der Waals surface area (Å²) in [6.45, 7) is 1.57. The molecule has 1 aromatic heterocycles. The molecule has 2 fully saturated rings. The Kier molecular flexibility index (Phi) is 10.5. The molecule has 2 unspecified atom stereocenters. The van der Waals surface area contributed by atoms with E-state index in [9.17, 15) is 14.2 Å². The van der Waals surface area contributed by atoms with Gasteiger partial charge in [-0.2, -0.15) is 9.51 Å². The summed E-state index contributed by atoms with van der Waals surface area (Å²) in [7, 11) is 0.664. The van der Waals surface area contributed by atoms with Crippen molar-refractivity contribution < 1.29 is 37.6 Å².